The number of nitrogens with zero attached hydrogens (tertiary/aromatic N) is 2. The van der Waals surface area contributed by atoms with Gasteiger partial charge in [-0.2, -0.15) is 5.10 Å². The molecule has 0 aliphatic carbocycles. The van der Waals surface area contributed by atoms with E-state index in [2.05, 4.69) is 10.4 Å². The summed E-state index contributed by atoms with van der Waals surface area (Å²) in [5, 5.41) is 7.21. The Morgan fingerprint density at radius 3 is 3.18 bits per heavy atom. The minimum atomic E-state index is -0.0500. The van der Waals surface area contributed by atoms with Gasteiger partial charge in [-0.1, -0.05) is 12.1 Å². The van der Waals surface area contributed by atoms with Crippen molar-refractivity contribution in [1.29, 1.82) is 0 Å². The number of hydrogen-bond donors (Lipinski definition) is 1. The summed E-state index contributed by atoms with van der Waals surface area (Å²) < 4.78 is 12.4. The van der Waals surface area contributed by atoms with Crippen LogP contribution in [0.25, 0.3) is 11.3 Å². The number of aromatic nitrogens is 2. The smallest absolute Gasteiger partial charge is 0.241 e. The summed E-state index contributed by atoms with van der Waals surface area (Å²) in [4.78, 5) is 12.0. The number of ether oxygens (including phenoxy) is 2. The second-order valence-electron chi connectivity index (χ2n) is 5.16. The monoisotopic (exact) mass is 301 g/mol. The maximum Gasteiger partial charge on any atom is 0.241 e. The maximum absolute atomic E-state index is 12.0. The molecule has 3 rings (SSSR count). The third-order valence-electron chi connectivity index (χ3n) is 3.58. The highest BCUT2D eigenvalue weighted by atomic mass is 16.5. The minimum Gasteiger partial charge on any atom is -0.488 e. The molecular formula is C16H19N3O3. The maximum atomic E-state index is 12.0. The van der Waals surface area contributed by atoms with Gasteiger partial charge in [0.1, 0.15) is 18.9 Å². The van der Waals surface area contributed by atoms with Gasteiger partial charge in [-0.25, -0.2) is 0 Å². The molecule has 0 bridgehead atoms. The molecule has 6 nitrogen and oxygen atoms in total. The highest BCUT2D eigenvalue weighted by molar-refractivity contribution is 5.78. The topological polar surface area (TPSA) is 65.4 Å². The molecule has 1 amide bonds. The average Bonchev–Trinajstić information content (AvgIpc) is 2.95. The van der Waals surface area contributed by atoms with Gasteiger partial charge in [0, 0.05) is 31.4 Å². The van der Waals surface area contributed by atoms with E-state index in [9.17, 15) is 4.79 Å². The Kier molecular flexibility index (Phi) is 4.39. The summed E-state index contributed by atoms with van der Waals surface area (Å²) in [6.45, 7) is 1.94. The predicted molar refractivity (Wildman–Crippen MR) is 81.5 cm³/mol. The van der Waals surface area contributed by atoms with Crippen LogP contribution in [0.3, 0.4) is 0 Å². The first kappa shape index (κ1) is 14.6. The van der Waals surface area contributed by atoms with Gasteiger partial charge >= 0.3 is 0 Å². The van der Waals surface area contributed by atoms with Crippen molar-refractivity contribution in [3.63, 3.8) is 0 Å². The number of carbonyl (C=O) groups excluding carboxylic acids is 1. The number of hydrogen-bond acceptors (Lipinski definition) is 4. The van der Waals surface area contributed by atoms with Crippen molar-refractivity contribution in [2.45, 2.75) is 19.6 Å². The van der Waals surface area contributed by atoms with Gasteiger partial charge in [-0.15, -0.1) is 0 Å². The van der Waals surface area contributed by atoms with Gasteiger partial charge in [0.2, 0.25) is 5.91 Å². The molecule has 1 aliphatic rings. The molecule has 1 aromatic heterocycles. The Morgan fingerprint density at radius 2 is 2.32 bits per heavy atom. The van der Waals surface area contributed by atoms with Gasteiger partial charge in [-0.3, -0.25) is 9.48 Å². The molecule has 1 N–H and O–H groups in total. The quantitative estimate of drug-likeness (QED) is 0.823. The summed E-state index contributed by atoms with van der Waals surface area (Å²) in [6, 6.07) is 7.81. The van der Waals surface area contributed by atoms with Crippen molar-refractivity contribution in [2.24, 2.45) is 0 Å². The molecule has 1 aromatic carbocycles. The fourth-order valence-corrected chi connectivity index (χ4v) is 2.54. The largest absolute Gasteiger partial charge is 0.488 e. The molecular weight excluding hydrogens is 282 g/mol. The van der Waals surface area contributed by atoms with Gasteiger partial charge in [0.15, 0.2) is 0 Å². The molecule has 0 fully saturated rings. The van der Waals surface area contributed by atoms with E-state index in [1.165, 1.54) is 0 Å². The van der Waals surface area contributed by atoms with Gasteiger partial charge in [0.05, 0.1) is 11.9 Å². The van der Waals surface area contributed by atoms with E-state index in [0.29, 0.717) is 19.8 Å². The lowest BCUT2D eigenvalue weighted by atomic mass is 10.0. The Labute approximate surface area is 129 Å². The Morgan fingerprint density at radius 1 is 1.45 bits per heavy atom. The third kappa shape index (κ3) is 2.96. The normalized spacial score (nSPS) is 12.2. The van der Waals surface area contributed by atoms with Crippen LogP contribution in [0.2, 0.25) is 0 Å². The first-order chi connectivity index (χ1) is 10.8. The summed E-state index contributed by atoms with van der Waals surface area (Å²) in [5.74, 6) is 0.781. The molecule has 2 heterocycles. The number of amides is 1. The molecule has 2 aromatic rings. The number of carbonyl (C=O) groups is 1. The molecule has 6 heteroatoms. The van der Waals surface area contributed by atoms with Crippen molar-refractivity contribution >= 4 is 5.91 Å². The van der Waals surface area contributed by atoms with Crippen LogP contribution in [0.15, 0.2) is 30.5 Å². The van der Waals surface area contributed by atoms with E-state index >= 15 is 0 Å². The number of nitrogens with one attached hydrogen (secondary N) is 1. The van der Waals surface area contributed by atoms with Crippen LogP contribution < -0.4 is 10.1 Å². The van der Waals surface area contributed by atoms with E-state index in [0.717, 1.165) is 29.0 Å². The van der Waals surface area contributed by atoms with Crippen LogP contribution in [-0.4, -0.2) is 35.9 Å². The van der Waals surface area contributed by atoms with Crippen LogP contribution in [0.5, 0.6) is 5.75 Å². The zero-order chi connectivity index (χ0) is 15.4. The van der Waals surface area contributed by atoms with Crippen molar-refractivity contribution < 1.29 is 14.3 Å². The second-order valence-corrected chi connectivity index (χ2v) is 5.16. The Balaban J connectivity index is 1.72. The fourth-order valence-electron chi connectivity index (χ4n) is 2.54. The Bertz CT molecular complexity index is 666. The van der Waals surface area contributed by atoms with Gasteiger partial charge in [0.25, 0.3) is 0 Å². The number of rotatable bonds is 6. The van der Waals surface area contributed by atoms with Crippen LogP contribution >= 0.6 is 0 Å². The van der Waals surface area contributed by atoms with Crippen LogP contribution in [0.1, 0.15) is 12.0 Å². The van der Waals surface area contributed by atoms with Crippen LogP contribution in [-0.2, 0) is 22.7 Å². The highest BCUT2D eigenvalue weighted by Crippen LogP contribution is 2.36. The molecule has 0 unspecified atom stereocenters. The summed E-state index contributed by atoms with van der Waals surface area (Å²) in [7, 11) is 1.65. The predicted octanol–water partition coefficient (Wildman–Crippen LogP) is 1.60. The molecule has 116 valence electrons. The fraction of sp³-hybridized carbons (Fsp3) is 0.375. The van der Waals surface area contributed by atoms with Crippen molar-refractivity contribution in [3.8, 4) is 17.0 Å². The van der Waals surface area contributed by atoms with E-state index in [4.69, 9.17) is 9.47 Å². The molecule has 0 radical (unpaired) electrons. The van der Waals surface area contributed by atoms with Gasteiger partial charge < -0.3 is 14.8 Å². The molecule has 0 saturated heterocycles. The van der Waals surface area contributed by atoms with Crippen molar-refractivity contribution in [1.82, 2.24) is 15.1 Å². The SMILES string of the molecule is COCCCNC(=O)Cn1ncc2c1-c1ccccc1OC2. The number of fused-ring (bicyclic) bond motifs is 3. The molecule has 0 saturated carbocycles. The van der Waals surface area contributed by atoms with Crippen molar-refractivity contribution in [2.75, 3.05) is 20.3 Å². The lowest BCUT2D eigenvalue weighted by Crippen LogP contribution is -2.29. The van der Waals surface area contributed by atoms with E-state index < -0.39 is 0 Å². The number of para-hydroxylation sites is 1. The van der Waals surface area contributed by atoms with Crippen LogP contribution in [0.4, 0.5) is 0 Å². The molecule has 22 heavy (non-hydrogen) atoms. The summed E-state index contributed by atoms with van der Waals surface area (Å²) >= 11 is 0. The van der Waals surface area contributed by atoms with Gasteiger partial charge in [-0.05, 0) is 18.6 Å². The van der Waals surface area contributed by atoms with E-state index in [1.54, 1.807) is 18.0 Å². The van der Waals surface area contributed by atoms with Crippen molar-refractivity contribution in [3.05, 3.63) is 36.0 Å². The zero-order valence-electron chi connectivity index (χ0n) is 12.5. The molecule has 1 aliphatic heterocycles. The lowest BCUT2D eigenvalue weighted by Gasteiger charge is -2.19. The third-order valence-corrected chi connectivity index (χ3v) is 3.58. The van der Waals surface area contributed by atoms with E-state index in [-0.39, 0.29) is 12.5 Å². The number of methoxy groups -OCH3 is 1. The summed E-state index contributed by atoms with van der Waals surface area (Å²) in [5.41, 5.74) is 2.95. The lowest BCUT2D eigenvalue weighted by molar-refractivity contribution is -0.121. The van der Waals surface area contributed by atoms with Crippen LogP contribution in [0, 0.1) is 0 Å². The standard InChI is InChI=1S/C16H19N3O3/c1-21-8-4-7-17-15(20)10-19-16-12(9-18-19)11-22-14-6-3-2-5-13(14)16/h2-3,5-6,9H,4,7-8,10-11H2,1H3,(H,17,20). The minimum absolute atomic E-state index is 0.0500. The summed E-state index contributed by atoms with van der Waals surface area (Å²) in [6.07, 6.45) is 2.57. The molecule has 0 atom stereocenters. The Hall–Kier alpha value is -2.34. The second kappa shape index (κ2) is 6.62. The first-order valence-electron chi connectivity index (χ1n) is 7.32. The average molecular weight is 301 g/mol. The zero-order valence-corrected chi connectivity index (χ0v) is 12.5. The number of benzene rings is 1. The van der Waals surface area contributed by atoms with E-state index in [1.807, 2.05) is 24.3 Å². The first-order valence-corrected chi connectivity index (χ1v) is 7.32. The highest BCUT2D eigenvalue weighted by Gasteiger charge is 2.22. The molecule has 0 spiro atoms.